The van der Waals surface area contributed by atoms with E-state index in [4.69, 9.17) is 4.74 Å². The average molecular weight is 469 g/mol. The number of hydrogen-bond donors (Lipinski definition) is 0. The first-order valence-corrected chi connectivity index (χ1v) is 13.6. The normalized spacial score (nSPS) is 25.4. The molecule has 0 heterocycles. The molecule has 2 aromatic carbocycles. The summed E-state index contributed by atoms with van der Waals surface area (Å²) in [6.45, 7) is 3.11. The molecule has 0 spiro atoms. The van der Waals surface area contributed by atoms with E-state index in [0.717, 1.165) is 24.5 Å². The predicted octanol–water partition coefficient (Wildman–Crippen LogP) is 9.09. The first-order valence-electron chi connectivity index (χ1n) is 13.6. The molecular formula is C31H42F2O. The Morgan fingerprint density at radius 1 is 0.735 bits per heavy atom. The molecule has 2 aromatic rings. The Balaban J connectivity index is 1.34. The molecule has 1 nitrogen and oxygen atoms in total. The van der Waals surface area contributed by atoms with Crippen LogP contribution in [0.1, 0.15) is 94.6 Å². The zero-order valence-corrected chi connectivity index (χ0v) is 21.1. The van der Waals surface area contributed by atoms with Crippen LogP contribution in [0.25, 0.3) is 11.1 Å². The van der Waals surface area contributed by atoms with Crippen molar-refractivity contribution in [3.05, 3.63) is 59.2 Å². The van der Waals surface area contributed by atoms with Crippen molar-refractivity contribution < 1.29 is 13.5 Å². The predicted molar refractivity (Wildman–Crippen MR) is 137 cm³/mol. The monoisotopic (exact) mass is 468 g/mol. The molecule has 0 aromatic heterocycles. The fourth-order valence-corrected chi connectivity index (χ4v) is 6.42. The maximum Gasteiger partial charge on any atom is 0.166 e. The molecule has 2 fully saturated rings. The van der Waals surface area contributed by atoms with E-state index in [1.54, 1.807) is 19.2 Å². The van der Waals surface area contributed by atoms with Crippen LogP contribution in [0.3, 0.4) is 0 Å². The topological polar surface area (TPSA) is 9.23 Å². The molecule has 2 aliphatic rings. The Bertz CT molecular complexity index is 890. The van der Waals surface area contributed by atoms with Crippen LogP contribution in [0.2, 0.25) is 0 Å². The van der Waals surface area contributed by atoms with Crippen molar-refractivity contribution in [3.63, 3.8) is 0 Å². The first kappa shape index (κ1) is 25.4. The minimum absolute atomic E-state index is 0.375. The van der Waals surface area contributed by atoms with Gasteiger partial charge in [0.15, 0.2) is 11.6 Å². The van der Waals surface area contributed by atoms with Gasteiger partial charge in [-0.2, -0.15) is 0 Å². The highest BCUT2D eigenvalue weighted by Crippen LogP contribution is 2.38. The molecule has 2 saturated carbocycles. The summed E-state index contributed by atoms with van der Waals surface area (Å²) in [5.41, 5.74) is 3.00. The third kappa shape index (κ3) is 6.27. The lowest BCUT2D eigenvalue weighted by Gasteiger charge is -2.28. The lowest BCUT2D eigenvalue weighted by molar-refractivity contribution is 0.117. The summed E-state index contributed by atoms with van der Waals surface area (Å²) in [6, 6.07) is 11.8. The maximum absolute atomic E-state index is 15.0. The van der Waals surface area contributed by atoms with Gasteiger partial charge in [-0.25, -0.2) is 8.78 Å². The summed E-state index contributed by atoms with van der Waals surface area (Å²) in [7, 11) is 1.76. The van der Waals surface area contributed by atoms with Gasteiger partial charge in [0.05, 0.1) is 0 Å². The number of hydrogen-bond acceptors (Lipinski definition) is 1. The fourth-order valence-electron chi connectivity index (χ4n) is 6.42. The number of aryl methyl sites for hydroxylation is 1. The molecule has 0 amide bonds. The molecule has 0 atom stereocenters. The van der Waals surface area contributed by atoms with E-state index in [9.17, 15) is 4.39 Å². The van der Waals surface area contributed by atoms with Crippen LogP contribution in [-0.2, 0) is 11.2 Å². The Morgan fingerprint density at radius 2 is 1.35 bits per heavy atom. The number of methoxy groups -OCH3 is 1. The molecule has 3 heteroatoms. The van der Waals surface area contributed by atoms with Gasteiger partial charge in [0.2, 0.25) is 0 Å². The second-order valence-electron chi connectivity index (χ2n) is 10.9. The lowest BCUT2D eigenvalue weighted by Crippen LogP contribution is -2.18. The van der Waals surface area contributed by atoms with E-state index in [1.807, 2.05) is 12.1 Å². The number of halogens is 2. The van der Waals surface area contributed by atoms with E-state index in [1.165, 1.54) is 69.8 Å². The molecule has 0 N–H and O–H groups in total. The van der Waals surface area contributed by atoms with Gasteiger partial charge >= 0.3 is 0 Å². The van der Waals surface area contributed by atoms with Crippen molar-refractivity contribution >= 4 is 0 Å². The lowest BCUT2D eigenvalue weighted by atomic mass is 9.77. The zero-order chi connectivity index (χ0) is 23.9. The largest absolute Gasteiger partial charge is 0.384 e. The highest BCUT2D eigenvalue weighted by Gasteiger charge is 2.23. The Hall–Kier alpha value is -1.74. The maximum atomic E-state index is 15.0. The van der Waals surface area contributed by atoms with Gasteiger partial charge < -0.3 is 4.74 Å². The quantitative estimate of drug-likeness (QED) is 0.356. The first-order chi connectivity index (χ1) is 16.6. The third-order valence-electron chi connectivity index (χ3n) is 8.59. The van der Waals surface area contributed by atoms with Gasteiger partial charge in [0, 0.05) is 19.3 Å². The molecule has 0 radical (unpaired) electrons. The highest BCUT2D eigenvalue weighted by molar-refractivity contribution is 5.65. The van der Waals surface area contributed by atoms with Crippen LogP contribution in [0, 0.1) is 29.4 Å². The molecule has 0 aliphatic heterocycles. The molecule has 186 valence electrons. The van der Waals surface area contributed by atoms with E-state index in [2.05, 4.69) is 19.1 Å². The third-order valence-corrected chi connectivity index (χ3v) is 8.59. The summed E-state index contributed by atoms with van der Waals surface area (Å²) in [6.07, 6.45) is 14.0. The Morgan fingerprint density at radius 3 is 2.00 bits per heavy atom. The minimum Gasteiger partial charge on any atom is -0.384 e. The van der Waals surface area contributed by atoms with Crippen molar-refractivity contribution in [1.82, 2.24) is 0 Å². The van der Waals surface area contributed by atoms with Gasteiger partial charge in [0.1, 0.15) is 0 Å². The van der Waals surface area contributed by atoms with E-state index in [-0.39, 0.29) is 0 Å². The van der Waals surface area contributed by atoms with Gasteiger partial charge in [-0.1, -0.05) is 69.0 Å². The molecular weight excluding hydrogens is 426 g/mol. The van der Waals surface area contributed by atoms with Crippen LogP contribution in [0.4, 0.5) is 8.78 Å². The van der Waals surface area contributed by atoms with Crippen LogP contribution in [-0.4, -0.2) is 13.7 Å². The number of ether oxygens (including phenoxy) is 1. The minimum atomic E-state index is -0.700. The smallest absolute Gasteiger partial charge is 0.166 e. The molecule has 2 aliphatic carbocycles. The second kappa shape index (κ2) is 12.3. The zero-order valence-electron chi connectivity index (χ0n) is 21.1. The van der Waals surface area contributed by atoms with Crippen molar-refractivity contribution in [1.29, 1.82) is 0 Å². The van der Waals surface area contributed by atoms with Gasteiger partial charge in [-0.15, -0.1) is 0 Å². The summed E-state index contributed by atoms with van der Waals surface area (Å²) in [5.74, 6) is 1.41. The SMILES string of the molecule is CCCC1CCC(c2ccc(-c3ccc(CCC4CCC(COC)CC4)c(F)c3F)cc2)CC1. The van der Waals surface area contributed by atoms with E-state index in [0.29, 0.717) is 35.3 Å². The van der Waals surface area contributed by atoms with Gasteiger partial charge in [-0.05, 0) is 91.7 Å². The van der Waals surface area contributed by atoms with Crippen molar-refractivity contribution in [2.24, 2.45) is 17.8 Å². The van der Waals surface area contributed by atoms with Crippen LogP contribution >= 0.6 is 0 Å². The Labute approximate surface area is 205 Å². The van der Waals surface area contributed by atoms with Gasteiger partial charge in [0.25, 0.3) is 0 Å². The average Bonchev–Trinajstić information content (AvgIpc) is 2.87. The van der Waals surface area contributed by atoms with Crippen molar-refractivity contribution in [2.75, 3.05) is 13.7 Å². The van der Waals surface area contributed by atoms with Crippen LogP contribution < -0.4 is 0 Å². The Kier molecular flexibility index (Phi) is 9.17. The molecule has 0 bridgehead atoms. The van der Waals surface area contributed by atoms with Crippen LogP contribution in [0.5, 0.6) is 0 Å². The standard InChI is InChI=1S/C31H42F2O/c1-3-4-22-9-12-25(13-10-22)26-15-17-27(18-16-26)29-20-19-28(30(32)31(29)33)14-11-23-5-7-24(8-6-23)21-34-2/h15-20,22-25H,3-14,21H2,1-2H3. The van der Waals surface area contributed by atoms with Crippen molar-refractivity contribution in [2.45, 2.75) is 89.9 Å². The van der Waals surface area contributed by atoms with E-state index < -0.39 is 11.6 Å². The summed E-state index contributed by atoms with van der Waals surface area (Å²) in [5, 5.41) is 0. The van der Waals surface area contributed by atoms with Gasteiger partial charge in [-0.3, -0.25) is 0 Å². The fraction of sp³-hybridized carbons (Fsp3) is 0.613. The molecule has 4 rings (SSSR count). The highest BCUT2D eigenvalue weighted by atomic mass is 19.2. The number of rotatable bonds is 9. The molecule has 34 heavy (non-hydrogen) atoms. The molecule has 0 unspecified atom stereocenters. The summed E-state index contributed by atoms with van der Waals surface area (Å²) < 4.78 is 35.3. The van der Waals surface area contributed by atoms with Crippen LogP contribution in [0.15, 0.2) is 36.4 Å². The number of benzene rings is 2. The second-order valence-corrected chi connectivity index (χ2v) is 10.9. The van der Waals surface area contributed by atoms with E-state index >= 15 is 4.39 Å². The summed E-state index contributed by atoms with van der Waals surface area (Å²) in [4.78, 5) is 0. The van der Waals surface area contributed by atoms with Crippen molar-refractivity contribution in [3.8, 4) is 11.1 Å². The summed E-state index contributed by atoms with van der Waals surface area (Å²) >= 11 is 0. The molecule has 0 saturated heterocycles.